The molecule has 0 atom stereocenters. The molecule has 1 aliphatic rings. The highest BCUT2D eigenvalue weighted by Gasteiger charge is 2.23. The van der Waals surface area contributed by atoms with Crippen LogP contribution in [0.3, 0.4) is 0 Å². The fourth-order valence-corrected chi connectivity index (χ4v) is 5.16. The van der Waals surface area contributed by atoms with Crippen molar-refractivity contribution in [1.82, 2.24) is 19.1 Å². The number of carbonyl (C=O) groups is 1. The van der Waals surface area contributed by atoms with Crippen molar-refractivity contribution in [2.75, 3.05) is 27.4 Å². The Balaban J connectivity index is 1.14. The van der Waals surface area contributed by atoms with Crippen LogP contribution < -0.4 is 18.9 Å². The van der Waals surface area contributed by atoms with E-state index in [0.717, 1.165) is 61.0 Å². The minimum atomic E-state index is 0.0689. The quantitative estimate of drug-likeness (QED) is 0.106. The lowest BCUT2D eigenvalue weighted by atomic mass is 10.1. The summed E-state index contributed by atoms with van der Waals surface area (Å²) < 4.78 is 27.3. The van der Waals surface area contributed by atoms with Gasteiger partial charge in [-0.2, -0.15) is 0 Å². The number of methoxy groups -OCH3 is 2. The van der Waals surface area contributed by atoms with Crippen molar-refractivity contribution in [1.29, 1.82) is 0 Å². The Labute approximate surface area is 258 Å². The molecule has 0 saturated heterocycles. The van der Waals surface area contributed by atoms with Gasteiger partial charge in [0.2, 0.25) is 0 Å². The molecule has 9 heteroatoms. The number of imidazole rings is 2. The summed E-state index contributed by atoms with van der Waals surface area (Å²) >= 11 is 0. The molecule has 5 rings (SSSR count). The molecule has 0 amide bonds. The summed E-state index contributed by atoms with van der Waals surface area (Å²) in [6.07, 6.45) is 20.3. The maximum absolute atomic E-state index is 13.3. The number of aromatic nitrogens is 4. The number of nitrogens with zero attached hydrogens (tertiary/aromatic N) is 4. The summed E-state index contributed by atoms with van der Waals surface area (Å²) in [5.74, 6) is 2.78. The zero-order chi connectivity index (χ0) is 30.6. The molecule has 9 nitrogen and oxygen atoms in total. The molecule has 1 saturated carbocycles. The van der Waals surface area contributed by atoms with Gasteiger partial charge in [-0.05, 0) is 86.1 Å². The molecule has 230 valence electrons. The predicted molar refractivity (Wildman–Crippen MR) is 170 cm³/mol. The predicted octanol–water partition coefficient (Wildman–Crippen LogP) is 6.65. The largest absolute Gasteiger partial charge is 0.493 e. The molecule has 0 bridgehead atoms. The molecule has 4 aromatic rings. The van der Waals surface area contributed by atoms with E-state index in [9.17, 15) is 4.79 Å². The van der Waals surface area contributed by atoms with Gasteiger partial charge in [-0.25, -0.2) is 9.97 Å². The number of aryl methyl sites for hydroxylation is 2. The molecule has 0 radical (unpaired) electrons. The van der Waals surface area contributed by atoms with Gasteiger partial charge in [0, 0.05) is 49.0 Å². The number of benzene rings is 2. The fourth-order valence-electron chi connectivity index (χ4n) is 5.16. The van der Waals surface area contributed by atoms with Crippen LogP contribution in [0.1, 0.15) is 49.7 Å². The number of rotatable bonds is 16. The molecule has 2 heterocycles. The Morgan fingerprint density at radius 3 is 1.57 bits per heavy atom. The average molecular weight is 597 g/mol. The van der Waals surface area contributed by atoms with Gasteiger partial charge in [-0.1, -0.05) is 12.1 Å². The van der Waals surface area contributed by atoms with Gasteiger partial charge in [-0.3, -0.25) is 4.79 Å². The first-order valence-corrected chi connectivity index (χ1v) is 15.1. The molecular weight excluding hydrogens is 556 g/mol. The smallest absolute Gasteiger partial charge is 0.185 e. The molecule has 1 fully saturated rings. The van der Waals surface area contributed by atoms with Crippen LogP contribution in [0.4, 0.5) is 0 Å². The molecule has 1 aliphatic carbocycles. The van der Waals surface area contributed by atoms with E-state index in [4.69, 9.17) is 18.9 Å². The summed E-state index contributed by atoms with van der Waals surface area (Å²) in [6, 6.07) is 11.6. The molecule has 0 unspecified atom stereocenters. The van der Waals surface area contributed by atoms with E-state index >= 15 is 0 Å². The minimum absolute atomic E-state index is 0.0689. The zero-order valence-electron chi connectivity index (χ0n) is 25.5. The summed E-state index contributed by atoms with van der Waals surface area (Å²) in [5, 5.41) is 0. The number of Topliss-reactive ketones (excluding diaryl/α,β-unsaturated/α-hetero) is 1. The standard InChI is InChI=1S/C35H40N4O5/c1-41-33-23-27(7-11-31(33)43-19-5-3-15-38-17-13-36-25-38)21-29-9-10-30(35(29)40)22-28-8-12-32(34(24-28)42-2)44-20-6-4-16-39-18-14-37-26-39/h7-8,11-14,17-18,21-26H,3-6,9-10,15-16,19-20H2,1-2H3/b29-21+,30-22+. The van der Waals surface area contributed by atoms with Gasteiger partial charge >= 0.3 is 0 Å². The van der Waals surface area contributed by atoms with Crippen LogP contribution in [0, 0.1) is 0 Å². The first-order valence-electron chi connectivity index (χ1n) is 15.1. The highest BCUT2D eigenvalue weighted by molar-refractivity contribution is 6.15. The van der Waals surface area contributed by atoms with E-state index < -0.39 is 0 Å². The van der Waals surface area contributed by atoms with Crippen LogP contribution in [-0.4, -0.2) is 52.3 Å². The highest BCUT2D eigenvalue weighted by Crippen LogP contribution is 2.34. The lowest BCUT2D eigenvalue weighted by Crippen LogP contribution is -2.02. The van der Waals surface area contributed by atoms with E-state index in [1.807, 2.05) is 73.6 Å². The topological polar surface area (TPSA) is 89.6 Å². The Morgan fingerprint density at radius 2 is 1.16 bits per heavy atom. The number of hydrogen-bond donors (Lipinski definition) is 0. The second kappa shape index (κ2) is 15.6. The molecule has 0 spiro atoms. The van der Waals surface area contributed by atoms with E-state index in [-0.39, 0.29) is 5.78 Å². The number of carbonyl (C=O) groups excluding carboxylic acids is 1. The molecular formula is C35H40N4O5. The van der Waals surface area contributed by atoms with E-state index in [1.165, 1.54) is 0 Å². The van der Waals surface area contributed by atoms with E-state index in [2.05, 4.69) is 19.1 Å². The third-order valence-electron chi connectivity index (χ3n) is 7.56. The third kappa shape index (κ3) is 8.40. The van der Waals surface area contributed by atoms with Crippen molar-refractivity contribution in [3.05, 3.63) is 96.1 Å². The summed E-state index contributed by atoms with van der Waals surface area (Å²) in [7, 11) is 3.26. The first-order chi connectivity index (χ1) is 21.6. The van der Waals surface area contributed by atoms with Crippen LogP contribution in [0.15, 0.2) is 85.0 Å². The number of hydrogen-bond acceptors (Lipinski definition) is 7. The van der Waals surface area contributed by atoms with Crippen LogP contribution in [0.25, 0.3) is 12.2 Å². The fraction of sp³-hybridized carbons (Fsp3) is 0.343. The number of allylic oxidation sites excluding steroid dienone is 2. The summed E-state index contributed by atoms with van der Waals surface area (Å²) in [5.41, 5.74) is 3.39. The normalized spacial score (nSPS) is 14.8. The monoisotopic (exact) mass is 596 g/mol. The van der Waals surface area contributed by atoms with Crippen LogP contribution >= 0.6 is 0 Å². The molecule has 44 heavy (non-hydrogen) atoms. The molecule has 2 aromatic carbocycles. The average Bonchev–Trinajstić information content (AvgIpc) is 3.83. The third-order valence-corrected chi connectivity index (χ3v) is 7.56. The van der Waals surface area contributed by atoms with Gasteiger partial charge < -0.3 is 28.1 Å². The van der Waals surface area contributed by atoms with Crippen LogP contribution in [0.5, 0.6) is 23.0 Å². The zero-order valence-corrected chi connectivity index (χ0v) is 25.5. The molecule has 2 aromatic heterocycles. The van der Waals surface area contributed by atoms with Crippen molar-refractivity contribution in [3.8, 4) is 23.0 Å². The Morgan fingerprint density at radius 1 is 0.682 bits per heavy atom. The van der Waals surface area contributed by atoms with Crippen molar-refractivity contribution in [2.24, 2.45) is 0 Å². The van der Waals surface area contributed by atoms with Gasteiger partial charge in [0.1, 0.15) is 0 Å². The summed E-state index contributed by atoms with van der Waals surface area (Å²) in [6.45, 7) is 3.03. The van der Waals surface area contributed by atoms with Crippen molar-refractivity contribution < 1.29 is 23.7 Å². The Kier molecular flexibility index (Phi) is 10.9. The van der Waals surface area contributed by atoms with Crippen molar-refractivity contribution >= 4 is 17.9 Å². The van der Waals surface area contributed by atoms with Crippen molar-refractivity contribution in [2.45, 2.75) is 51.6 Å². The maximum Gasteiger partial charge on any atom is 0.185 e. The van der Waals surface area contributed by atoms with Crippen LogP contribution in [0.2, 0.25) is 0 Å². The van der Waals surface area contributed by atoms with E-state index in [1.54, 1.807) is 26.6 Å². The molecule has 0 aliphatic heterocycles. The minimum Gasteiger partial charge on any atom is -0.493 e. The SMILES string of the molecule is COc1cc(/C=C2\CC/C(=C\c3ccc(OCCCCn4ccnc4)c(OC)c3)C2=O)ccc1OCCCCn1ccnc1. The highest BCUT2D eigenvalue weighted by atomic mass is 16.5. The van der Waals surface area contributed by atoms with Crippen LogP contribution in [-0.2, 0) is 17.9 Å². The van der Waals surface area contributed by atoms with Gasteiger partial charge in [-0.15, -0.1) is 0 Å². The lowest BCUT2D eigenvalue weighted by Gasteiger charge is -2.12. The number of ketones is 1. The number of ether oxygens (including phenoxy) is 4. The Bertz CT molecular complexity index is 1440. The second-order valence-corrected chi connectivity index (χ2v) is 10.7. The molecule has 0 N–H and O–H groups in total. The van der Waals surface area contributed by atoms with E-state index in [0.29, 0.717) is 49.1 Å². The maximum atomic E-state index is 13.3. The second-order valence-electron chi connectivity index (χ2n) is 10.7. The van der Waals surface area contributed by atoms with Gasteiger partial charge in [0.25, 0.3) is 0 Å². The van der Waals surface area contributed by atoms with Gasteiger partial charge in [0.05, 0.1) is 40.1 Å². The van der Waals surface area contributed by atoms with Crippen molar-refractivity contribution in [3.63, 3.8) is 0 Å². The Hall–Kier alpha value is -4.79. The summed E-state index contributed by atoms with van der Waals surface area (Å²) in [4.78, 5) is 21.4. The van der Waals surface area contributed by atoms with Gasteiger partial charge in [0.15, 0.2) is 28.8 Å². The number of unbranched alkanes of at least 4 members (excludes halogenated alkanes) is 2. The lowest BCUT2D eigenvalue weighted by molar-refractivity contribution is -0.111. The first kappa shape index (κ1) is 30.7.